The summed E-state index contributed by atoms with van der Waals surface area (Å²) in [5.41, 5.74) is 1.77. The van der Waals surface area contributed by atoms with Crippen LogP contribution in [0, 0.1) is 5.92 Å². The predicted molar refractivity (Wildman–Crippen MR) is 130 cm³/mol. The number of benzene rings is 2. The summed E-state index contributed by atoms with van der Waals surface area (Å²) >= 11 is 0. The van der Waals surface area contributed by atoms with E-state index in [4.69, 9.17) is 9.47 Å². The van der Waals surface area contributed by atoms with Crippen molar-refractivity contribution in [2.45, 2.75) is 19.6 Å². The number of rotatable bonds is 7. The monoisotopic (exact) mass is 560 g/mol. The second kappa shape index (κ2) is 11.4. The Hall–Kier alpha value is -2.50. The Morgan fingerprint density at radius 1 is 1.19 bits per heavy atom. The Kier molecular flexibility index (Phi) is 8.60. The van der Waals surface area contributed by atoms with Crippen LogP contribution in [0.15, 0.2) is 47.5 Å². The molecular formula is C22H27F2IN4O3. The van der Waals surface area contributed by atoms with Crippen LogP contribution in [0.25, 0.3) is 0 Å². The van der Waals surface area contributed by atoms with Crippen LogP contribution in [0.3, 0.4) is 0 Å². The highest BCUT2D eigenvalue weighted by atomic mass is 127. The molecule has 0 aromatic heterocycles. The maximum atomic E-state index is 12.8. The SMILES string of the molecule is CN=C(NCc1cc2c(cc1OC(F)F)OCO2)NCC1CCN(c2ccccc2)C1.I. The summed E-state index contributed by atoms with van der Waals surface area (Å²) in [5.74, 6) is 2.04. The minimum atomic E-state index is -2.92. The molecule has 0 spiro atoms. The molecule has 0 amide bonds. The van der Waals surface area contributed by atoms with Crippen LogP contribution in [0.5, 0.6) is 17.2 Å². The van der Waals surface area contributed by atoms with E-state index in [0.717, 1.165) is 26.1 Å². The normalized spacial score (nSPS) is 17.3. The number of nitrogens with zero attached hydrogens (tertiary/aromatic N) is 2. The molecular weight excluding hydrogens is 533 g/mol. The molecule has 0 radical (unpaired) electrons. The molecule has 7 nitrogen and oxygen atoms in total. The van der Waals surface area contributed by atoms with Gasteiger partial charge in [0, 0.05) is 50.5 Å². The van der Waals surface area contributed by atoms with Gasteiger partial charge in [-0.25, -0.2) is 0 Å². The minimum Gasteiger partial charge on any atom is -0.454 e. The van der Waals surface area contributed by atoms with E-state index in [2.05, 4.69) is 49.5 Å². The molecule has 0 aliphatic carbocycles. The number of fused-ring (bicyclic) bond motifs is 1. The molecule has 2 aromatic rings. The van der Waals surface area contributed by atoms with E-state index in [1.165, 1.54) is 11.8 Å². The van der Waals surface area contributed by atoms with E-state index in [9.17, 15) is 8.78 Å². The first-order valence-corrected chi connectivity index (χ1v) is 10.2. The van der Waals surface area contributed by atoms with Gasteiger partial charge in [0.2, 0.25) is 6.79 Å². The Bertz CT molecular complexity index is 918. The van der Waals surface area contributed by atoms with E-state index >= 15 is 0 Å². The van der Waals surface area contributed by atoms with Crippen molar-refractivity contribution in [3.63, 3.8) is 0 Å². The van der Waals surface area contributed by atoms with Gasteiger partial charge in [0.15, 0.2) is 17.5 Å². The van der Waals surface area contributed by atoms with Gasteiger partial charge in [-0.1, -0.05) is 18.2 Å². The Morgan fingerprint density at radius 3 is 2.66 bits per heavy atom. The van der Waals surface area contributed by atoms with Gasteiger partial charge < -0.3 is 29.7 Å². The van der Waals surface area contributed by atoms with Crippen molar-refractivity contribution in [2.24, 2.45) is 10.9 Å². The molecule has 10 heteroatoms. The van der Waals surface area contributed by atoms with Crippen molar-refractivity contribution in [2.75, 3.05) is 38.4 Å². The molecule has 2 aliphatic heterocycles. The van der Waals surface area contributed by atoms with Gasteiger partial charge in [0.05, 0.1) is 0 Å². The van der Waals surface area contributed by atoms with Crippen molar-refractivity contribution in [3.8, 4) is 17.2 Å². The molecule has 2 heterocycles. The van der Waals surface area contributed by atoms with Crippen molar-refractivity contribution in [3.05, 3.63) is 48.0 Å². The summed E-state index contributed by atoms with van der Waals surface area (Å²) in [6.07, 6.45) is 1.09. The summed E-state index contributed by atoms with van der Waals surface area (Å²) in [4.78, 5) is 6.62. The number of hydrogen-bond acceptors (Lipinski definition) is 5. The lowest BCUT2D eigenvalue weighted by atomic mass is 10.1. The number of nitrogens with one attached hydrogen (secondary N) is 2. The van der Waals surface area contributed by atoms with Crippen molar-refractivity contribution >= 4 is 35.6 Å². The van der Waals surface area contributed by atoms with Crippen molar-refractivity contribution in [1.82, 2.24) is 10.6 Å². The quantitative estimate of drug-likeness (QED) is 0.305. The van der Waals surface area contributed by atoms with E-state index in [1.807, 2.05) is 6.07 Å². The predicted octanol–water partition coefficient (Wildman–Crippen LogP) is 3.83. The second-order valence-corrected chi connectivity index (χ2v) is 7.43. The average molecular weight is 560 g/mol. The molecule has 1 unspecified atom stereocenters. The van der Waals surface area contributed by atoms with Gasteiger partial charge in [0.1, 0.15) is 5.75 Å². The largest absolute Gasteiger partial charge is 0.454 e. The summed E-state index contributed by atoms with van der Waals surface area (Å²) in [6, 6.07) is 13.4. The fourth-order valence-electron chi connectivity index (χ4n) is 3.82. The lowest BCUT2D eigenvalue weighted by molar-refractivity contribution is -0.0505. The highest BCUT2D eigenvalue weighted by Gasteiger charge is 2.23. The lowest BCUT2D eigenvalue weighted by Crippen LogP contribution is -2.40. The minimum absolute atomic E-state index is 0. The number of ether oxygens (including phenoxy) is 3. The third-order valence-corrected chi connectivity index (χ3v) is 5.41. The van der Waals surface area contributed by atoms with E-state index in [0.29, 0.717) is 28.9 Å². The fourth-order valence-corrected chi connectivity index (χ4v) is 3.82. The zero-order valence-electron chi connectivity index (χ0n) is 17.7. The standard InChI is InChI=1S/C22H26F2N4O3.HI/c1-25-22(26-11-15-7-8-28(13-15)17-5-3-2-4-6-17)27-12-16-9-19-20(30-14-29-19)10-18(16)31-21(23)24;/h2-6,9-10,15,21H,7-8,11-14H2,1H3,(H2,25,26,27);1H. The maximum absolute atomic E-state index is 12.8. The number of guanidine groups is 1. The summed E-state index contributed by atoms with van der Waals surface area (Å²) in [5, 5.41) is 6.49. The topological polar surface area (TPSA) is 67.4 Å². The van der Waals surface area contributed by atoms with Crippen molar-refractivity contribution in [1.29, 1.82) is 0 Å². The van der Waals surface area contributed by atoms with Gasteiger partial charge in [-0.15, -0.1) is 24.0 Å². The third kappa shape index (κ3) is 6.05. The summed E-state index contributed by atoms with van der Waals surface area (Å²) < 4.78 is 40.9. The van der Waals surface area contributed by atoms with Crippen LogP contribution in [-0.2, 0) is 6.54 Å². The van der Waals surface area contributed by atoms with E-state index < -0.39 is 6.61 Å². The van der Waals surface area contributed by atoms with Gasteiger partial charge in [-0.2, -0.15) is 8.78 Å². The van der Waals surface area contributed by atoms with Crippen LogP contribution in [0.4, 0.5) is 14.5 Å². The molecule has 1 atom stereocenters. The number of para-hydroxylation sites is 1. The van der Waals surface area contributed by atoms with Crippen LogP contribution < -0.4 is 29.7 Å². The molecule has 0 saturated carbocycles. The molecule has 1 fully saturated rings. The Balaban J connectivity index is 0.00000289. The zero-order chi connectivity index (χ0) is 21.6. The molecule has 2 N–H and O–H groups in total. The molecule has 4 rings (SSSR count). The number of hydrogen-bond donors (Lipinski definition) is 2. The van der Waals surface area contributed by atoms with Crippen molar-refractivity contribution < 1.29 is 23.0 Å². The molecule has 32 heavy (non-hydrogen) atoms. The number of aliphatic imine (C=N–C) groups is 1. The number of anilines is 1. The zero-order valence-corrected chi connectivity index (χ0v) is 20.1. The number of alkyl halides is 2. The maximum Gasteiger partial charge on any atom is 0.387 e. The van der Waals surface area contributed by atoms with Gasteiger partial charge >= 0.3 is 6.61 Å². The van der Waals surface area contributed by atoms with Crippen LogP contribution >= 0.6 is 24.0 Å². The van der Waals surface area contributed by atoms with E-state index in [1.54, 1.807) is 13.1 Å². The molecule has 2 aliphatic rings. The second-order valence-electron chi connectivity index (χ2n) is 7.43. The molecule has 174 valence electrons. The highest BCUT2D eigenvalue weighted by molar-refractivity contribution is 14.0. The molecule has 1 saturated heterocycles. The Labute approximate surface area is 203 Å². The summed E-state index contributed by atoms with van der Waals surface area (Å²) in [7, 11) is 1.68. The van der Waals surface area contributed by atoms with Gasteiger partial charge in [0.25, 0.3) is 0 Å². The van der Waals surface area contributed by atoms with E-state index in [-0.39, 0.29) is 43.1 Å². The first kappa shape index (κ1) is 24.1. The lowest BCUT2D eigenvalue weighted by Gasteiger charge is -2.19. The summed E-state index contributed by atoms with van der Waals surface area (Å²) in [6.45, 7) is 0.150. The van der Waals surface area contributed by atoms with Crippen LogP contribution in [0.1, 0.15) is 12.0 Å². The average Bonchev–Trinajstić information content (AvgIpc) is 3.43. The van der Waals surface area contributed by atoms with Gasteiger partial charge in [-0.3, -0.25) is 4.99 Å². The third-order valence-electron chi connectivity index (χ3n) is 5.41. The van der Waals surface area contributed by atoms with Crippen LogP contribution in [-0.4, -0.2) is 46.0 Å². The van der Waals surface area contributed by atoms with Crippen LogP contribution in [0.2, 0.25) is 0 Å². The first-order valence-electron chi connectivity index (χ1n) is 10.2. The smallest absolute Gasteiger partial charge is 0.387 e. The number of halogens is 3. The highest BCUT2D eigenvalue weighted by Crippen LogP contribution is 2.38. The fraction of sp³-hybridized carbons (Fsp3) is 0.409. The Morgan fingerprint density at radius 2 is 1.94 bits per heavy atom. The first-order chi connectivity index (χ1) is 15.1. The molecule has 2 aromatic carbocycles. The van der Waals surface area contributed by atoms with Gasteiger partial charge in [-0.05, 0) is 30.5 Å². The molecule has 0 bridgehead atoms.